The molecule has 0 aromatic carbocycles. The summed E-state index contributed by atoms with van der Waals surface area (Å²) in [5, 5.41) is 0. The summed E-state index contributed by atoms with van der Waals surface area (Å²) in [5.41, 5.74) is 2.07. The number of carbonyl (C=O) groups is 2. The molecule has 0 aromatic rings. The smallest absolute Gasteiger partial charge is 0.233 e. The van der Waals surface area contributed by atoms with Crippen LogP contribution in [-0.4, -0.2) is 23.3 Å². The molecule has 2 rings (SSSR count). The number of allylic oxidation sites excluding steroid dienone is 2. The van der Waals surface area contributed by atoms with Crippen molar-refractivity contribution in [1.29, 1.82) is 0 Å². The minimum absolute atomic E-state index is 0.00884. The Balaban J connectivity index is 2.21. The molecule has 3 heteroatoms. The van der Waals surface area contributed by atoms with Crippen LogP contribution in [0.4, 0.5) is 0 Å². The van der Waals surface area contributed by atoms with Gasteiger partial charge in [0, 0.05) is 6.54 Å². The molecule has 1 fully saturated rings. The summed E-state index contributed by atoms with van der Waals surface area (Å²) in [6, 6.07) is 0. The van der Waals surface area contributed by atoms with Gasteiger partial charge in [0.1, 0.15) is 0 Å². The third-order valence-corrected chi connectivity index (χ3v) is 3.34. The first kappa shape index (κ1) is 11.1. The van der Waals surface area contributed by atoms with Crippen LogP contribution in [0.15, 0.2) is 23.8 Å². The molecule has 1 aliphatic carbocycles. The monoisotopic (exact) mass is 219 g/mol. The van der Waals surface area contributed by atoms with Crippen LogP contribution in [0.1, 0.15) is 26.7 Å². The summed E-state index contributed by atoms with van der Waals surface area (Å²) < 4.78 is 0. The van der Waals surface area contributed by atoms with Crippen LogP contribution in [-0.2, 0) is 9.59 Å². The van der Waals surface area contributed by atoms with Gasteiger partial charge >= 0.3 is 0 Å². The third-order valence-electron chi connectivity index (χ3n) is 3.34. The van der Waals surface area contributed by atoms with E-state index in [1.54, 1.807) is 0 Å². The molecule has 0 aromatic heterocycles. The topological polar surface area (TPSA) is 37.4 Å². The van der Waals surface area contributed by atoms with Crippen molar-refractivity contribution in [3.8, 4) is 0 Å². The van der Waals surface area contributed by atoms with Crippen LogP contribution in [0.3, 0.4) is 0 Å². The highest BCUT2D eigenvalue weighted by Crippen LogP contribution is 2.37. The maximum Gasteiger partial charge on any atom is 0.233 e. The van der Waals surface area contributed by atoms with Gasteiger partial charge in [0.2, 0.25) is 11.8 Å². The highest BCUT2D eigenvalue weighted by atomic mass is 16.2. The summed E-state index contributed by atoms with van der Waals surface area (Å²) in [6.07, 6.45) is 3.53. The lowest BCUT2D eigenvalue weighted by Crippen LogP contribution is -2.32. The Morgan fingerprint density at radius 3 is 2.69 bits per heavy atom. The molecule has 1 heterocycles. The van der Waals surface area contributed by atoms with E-state index in [1.807, 2.05) is 13.8 Å². The van der Waals surface area contributed by atoms with Crippen LogP contribution >= 0.6 is 0 Å². The highest BCUT2D eigenvalue weighted by molar-refractivity contribution is 6.05. The van der Waals surface area contributed by atoms with E-state index in [0.29, 0.717) is 13.0 Å². The first-order valence-corrected chi connectivity index (χ1v) is 5.66. The largest absolute Gasteiger partial charge is 0.278 e. The van der Waals surface area contributed by atoms with Crippen molar-refractivity contribution in [2.24, 2.45) is 11.8 Å². The molecule has 0 unspecified atom stereocenters. The number of rotatable bonds is 2. The highest BCUT2D eigenvalue weighted by Gasteiger charge is 2.47. The van der Waals surface area contributed by atoms with Gasteiger partial charge in [0.15, 0.2) is 0 Å². The molecule has 2 aliphatic rings. The summed E-state index contributed by atoms with van der Waals surface area (Å²) in [6.45, 7) is 8.00. The van der Waals surface area contributed by atoms with E-state index in [2.05, 4.69) is 12.7 Å². The molecule has 86 valence electrons. The number of fused-ring (bicyclic) bond motifs is 1. The molecule has 0 spiro atoms. The minimum atomic E-state index is -0.115. The lowest BCUT2D eigenvalue weighted by atomic mass is 9.82. The van der Waals surface area contributed by atoms with Crippen molar-refractivity contribution >= 4 is 11.8 Å². The molecule has 0 N–H and O–H groups in total. The van der Waals surface area contributed by atoms with Crippen LogP contribution in [0, 0.1) is 11.8 Å². The van der Waals surface area contributed by atoms with Gasteiger partial charge in [-0.15, -0.1) is 0 Å². The zero-order valence-corrected chi connectivity index (χ0v) is 9.82. The maximum absolute atomic E-state index is 12.1. The fraction of sp³-hybridized carbons (Fsp3) is 0.538. The predicted octanol–water partition coefficient (Wildman–Crippen LogP) is 1.90. The average Bonchev–Trinajstić information content (AvgIpc) is 2.43. The van der Waals surface area contributed by atoms with E-state index in [9.17, 15) is 9.59 Å². The number of nitrogens with zero attached hydrogens (tertiary/aromatic N) is 1. The molecule has 2 atom stereocenters. The molecule has 0 bridgehead atoms. The van der Waals surface area contributed by atoms with Gasteiger partial charge in [-0.3, -0.25) is 14.5 Å². The zero-order valence-electron chi connectivity index (χ0n) is 9.82. The summed E-state index contributed by atoms with van der Waals surface area (Å²) in [7, 11) is 0. The van der Waals surface area contributed by atoms with Gasteiger partial charge in [0.25, 0.3) is 0 Å². The van der Waals surface area contributed by atoms with Crippen LogP contribution in [0.5, 0.6) is 0 Å². The fourth-order valence-corrected chi connectivity index (χ4v) is 2.53. The Morgan fingerprint density at radius 2 is 2.06 bits per heavy atom. The second-order valence-corrected chi connectivity index (χ2v) is 4.92. The number of likely N-dealkylation sites (tertiary alicyclic amines) is 1. The molecular weight excluding hydrogens is 202 g/mol. The van der Waals surface area contributed by atoms with Crippen molar-refractivity contribution in [2.75, 3.05) is 6.54 Å². The number of carbonyl (C=O) groups excluding carboxylic acids is 2. The Hall–Kier alpha value is -1.38. The molecule has 0 radical (unpaired) electrons. The van der Waals surface area contributed by atoms with Crippen molar-refractivity contribution in [3.63, 3.8) is 0 Å². The number of imide groups is 1. The van der Waals surface area contributed by atoms with E-state index in [4.69, 9.17) is 0 Å². The third kappa shape index (κ3) is 1.70. The summed E-state index contributed by atoms with van der Waals surface area (Å²) in [4.78, 5) is 25.5. The van der Waals surface area contributed by atoms with Gasteiger partial charge in [-0.2, -0.15) is 0 Å². The molecule has 16 heavy (non-hydrogen) atoms. The Kier molecular flexibility index (Phi) is 2.70. The van der Waals surface area contributed by atoms with Crippen molar-refractivity contribution < 1.29 is 9.59 Å². The summed E-state index contributed by atoms with van der Waals surface area (Å²) >= 11 is 0. The van der Waals surface area contributed by atoms with Gasteiger partial charge in [-0.05, 0) is 26.7 Å². The van der Waals surface area contributed by atoms with Crippen molar-refractivity contribution in [2.45, 2.75) is 26.7 Å². The van der Waals surface area contributed by atoms with E-state index < -0.39 is 0 Å². The average molecular weight is 219 g/mol. The molecule has 2 amide bonds. The number of amides is 2. The van der Waals surface area contributed by atoms with Crippen LogP contribution in [0.25, 0.3) is 0 Å². The molecular formula is C13H17NO2. The van der Waals surface area contributed by atoms with Crippen molar-refractivity contribution in [3.05, 3.63) is 23.8 Å². The first-order chi connectivity index (χ1) is 7.50. The van der Waals surface area contributed by atoms with Gasteiger partial charge in [-0.25, -0.2) is 0 Å². The molecule has 0 saturated carbocycles. The second-order valence-electron chi connectivity index (χ2n) is 4.92. The maximum atomic E-state index is 12.1. The summed E-state index contributed by atoms with van der Waals surface area (Å²) in [5.74, 6) is -0.250. The van der Waals surface area contributed by atoms with Gasteiger partial charge in [0.05, 0.1) is 11.8 Å². The standard InChI is InChI=1S/C13H17NO2/c1-8(2)7-14-12(15)10-5-4-9(3)6-11(10)13(14)16/h4,10-11H,1,5-7H2,2-3H3/t10-,11+/m0/s1. The number of hydrogen-bond donors (Lipinski definition) is 0. The molecule has 3 nitrogen and oxygen atoms in total. The Labute approximate surface area is 95.8 Å². The van der Waals surface area contributed by atoms with E-state index in [-0.39, 0.29) is 23.7 Å². The first-order valence-electron chi connectivity index (χ1n) is 5.66. The Bertz CT molecular complexity index is 395. The second kappa shape index (κ2) is 3.89. The molecule has 1 aliphatic heterocycles. The quantitative estimate of drug-likeness (QED) is 0.525. The zero-order chi connectivity index (χ0) is 11.9. The van der Waals surface area contributed by atoms with Crippen LogP contribution < -0.4 is 0 Å². The van der Waals surface area contributed by atoms with Crippen LogP contribution in [0.2, 0.25) is 0 Å². The molecule has 1 saturated heterocycles. The van der Waals surface area contributed by atoms with Gasteiger partial charge < -0.3 is 0 Å². The van der Waals surface area contributed by atoms with E-state index in [0.717, 1.165) is 12.0 Å². The lowest BCUT2D eigenvalue weighted by molar-refractivity contribution is -0.139. The fourth-order valence-electron chi connectivity index (χ4n) is 2.53. The van der Waals surface area contributed by atoms with E-state index in [1.165, 1.54) is 10.5 Å². The predicted molar refractivity (Wildman–Crippen MR) is 61.5 cm³/mol. The van der Waals surface area contributed by atoms with Crippen molar-refractivity contribution in [1.82, 2.24) is 4.90 Å². The lowest BCUT2D eigenvalue weighted by Gasteiger charge is -2.19. The normalized spacial score (nSPS) is 29.1. The minimum Gasteiger partial charge on any atom is -0.278 e. The SMILES string of the molecule is C=C(C)CN1C(=O)[C@H]2CC=C(C)C[C@H]2C1=O. The van der Waals surface area contributed by atoms with Gasteiger partial charge in [-0.1, -0.05) is 23.8 Å². The Morgan fingerprint density at radius 1 is 1.44 bits per heavy atom. The number of hydrogen-bond acceptors (Lipinski definition) is 2. The van der Waals surface area contributed by atoms with E-state index >= 15 is 0 Å².